The number of carbonyl (C=O) groups is 2. The van der Waals surface area contributed by atoms with Gasteiger partial charge in [-0.1, -0.05) is 25.4 Å². The number of alkyl halides is 3. The number of esters is 1. The first-order valence-electron chi connectivity index (χ1n) is 9.94. The Labute approximate surface area is 204 Å². The second-order valence-corrected chi connectivity index (χ2v) is 9.56. The van der Waals surface area contributed by atoms with Gasteiger partial charge in [-0.25, -0.2) is 18.4 Å². The van der Waals surface area contributed by atoms with Gasteiger partial charge in [0.25, 0.3) is 5.91 Å². The number of halogens is 4. The molecule has 0 unspecified atom stereocenters. The van der Waals surface area contributed by atoms with E-state index in [-0.39, 0.29) is 33.0 Å². The van der Waals surface area contributed by atoms with Crippen molar-refractivity contribution >= 4 is 44.9 Å². The zero-order valence-corrected chi connectivity index (χ0v) is 20.3. The van der Waals surface area contributed by atoms with Crippen LogP contribution in [0.3, 0.4) is 0 Å². The molecule has 0 fully saturated rings. The summed E-state index contributed by atoms with van der Waals surface area (Å²) in [5, 5.41) is 9.99. The third-order valence-electron chi connectivity index (χ3n) is 4.63. The summed E-state index contributed by atoms with van der Waals surface area (Å²) in [6.45, 7) is 2.59. The Morgan fingerprint density at radius 2 is 1.80 bits per heavy atom. The molecule has 0 aromatic heterocycles. The molecule has 4 N–H and O–H groups in total. The van der Waals surface area contributed by atoms with Crippen LogP contribution in [0.5, 0.6) is 5.75 Å². The van der Waals surface area contributed by atoms with Crippen LogP contribution in [-0.2, 0) is 30.5 Å². The van der Waals surface area contributed by atoms with Crippen molar-refractivity contribution in [2.75, 3.05) is 24.4 Å². The van der Waals surface area contributed by atoms with E-state index in [2.05, 4.69) is 10.6 Å². The molecule has 192 valence electrons. The van der Waals surface area contributed by atoms with E-state index in [0.29, 0.717) is 0 Å². The van der Waals surface area contributed by atoms with E-state index in [9.17, 15) is 31.2 Å². The van der Waals surface area contributed by atoms with Gasteiger partial charge in [-0.3, -0.25) is 4.79 Å². The number of sulfonamides is 1. The molecule has 0 spiro atoms. The lowest BCUT2D eigenvalue weighted by molar-refractivity contribution is -0.149. The van der Waals surface area contributed by atoms with Gasteiger partial charge >= 0.3 is 12.1 Å². The van der Waals surface area contributed by atoms with Gasteiger partial charge in [0.05, 0.1) is 23.4 Å². The molecule has 0 bridgehead atoms. The number of anilines is 2. The van der Waals surface area contributed by atoms with Gasteiger partial charge in [0.1, 0.15) is 16.7 Å². The Kier molecular flexibility index (Phi) is 8.98. The van der Waals surface area contributed by atoms with Crippen molar-refractivity contribution < 1.29 is 40.7 Å². The molecule has 0 saturated heterocycles. The number of hydrogen-bond acceptors (Lipinski definition) is 7. The molecule has 0 heterocycles. The molecule has 9 nitrogen and oxygen atoms in total. The highest BCUT2D eigenvalue weighted by atomic mass is 35.5. The summed E-state index contributed by atoms with van der Waals surface area (Å²) in [5.74, 6) is -2.04. The van der Waals surface area contributed by atoms with E-state index in [4.69, 9.17) is 26.2 Å². The molecule has 0 aliphatic rings. The van der Waals surface area contributed by atoms with Gasteiger partial charge in [-0.2, -0.15) is 13.2 Å². The fourth-order valence-electron chi connectivity index (χ4n) is 2.87. The van der Waals surface area contributed by atoms with Gasteiger partial charge in [0.2, 0.25) is 10.0 Å². The highest BCUT2D eigenvalue weighted by Crippen LogP contribution is 2.34. The molecule has 2 aromatic carbocycles. The molecular weight excluding hydrogens is 515 g/mol. The predicted molar refractivity (Wildman–Crippen MR) is 123 cm³/mol. The number of nitrogens with one attached hydrogen (secondary N) is 2. The predicted octanol–water partition coefficient (Wildman–Crippen LogP) is 3.63. The summed E-state index contributed by atoms with van der Waals surface area (Å²) in [6, 6.07) is 5.32. The minimum Gasteiger partial charge on any atom is -0.495 e. The summed E-state index contributed by atoms with van der Waals surface area (Å²) in [6.07, 6.45) is -4.58. The number of primary sulfonamides is 1. The lowest BCUT2D eigenvalue weighted by Gasteiger charge is -2.23. The first-order valence-corrected chi connectivity index (χ1v) is 11.9. The highest BCUT2D eigenvalue weighted by Gasteiger charge is 2.32. The number of ether oxygens (including phenoxy) is 2. The molecule has 2 rings (SSSR count). The first-order chi connectivity index (χ1) is 16.1. The van der Waals surface area contributed by atoms with Crippen LogP contribution in [0, 0.1) is 5.92 Å². The average molecular weight is 538 g/mol. The summed E-state index contributed by atoms with van der Waals surface area (Å²) < 4.78 is 71.8. The monoisotopic (exact) mass is 537 g/mol. The average Bonchev–Trinajstić information content (AvgIpc) is 2.75. The Bertz CT molecular complexity index is 1210. The summed E-state index contributed by atoms with van der Waals surface area (Å²) in [7, 11) is -2.89. The number of rotatable bonds is 9. The molecular formula is C21H23ClF3N3O6S. The lowest BCUT2D eigenvalue weighted by atomic mass is 10.0. The fraction of sp³-hybridized carbons (Fsp3) is 0.333. The smallest absolute Gasteiger partial charge is 0.416 e. The number of nitrogens with two attached hydrogens (primary N) is 1. The molecule has 0 aliphatic carbocycles. The van der Waals surface area contributed by atoms with Crippen molar-refractivity contribution in [1.29, 1.82) is 0 Å². The maximum absolute atomic E-state index is 12.8. The maximum Gasteiger partial charge on any atom is 0.416 e. The van der Waals surface area contributed by atoms with Crippen LogP contribution in [0.2, 0.25) is 5.02 Å². The second kappa shape index (κ2) is 11.1. The zero-order valence-electron chi connectivity index (χ0n) is 18.8. The quantitative estimate of drug-likeness (QED) is 0.415. The largest absolute Gasteiger partial charge is 0.495 e. The molecule has 35 heavy (non-hydrogen) atoms. The van der Waals surface area contributed by atoms with E-state index in [0.717, 1.165) is 24.3 Å². The Morgan fingerprint density at radius 1 is 1.14 bits per heavy atom. The highest BCUT2D eigenvalue weighted by molar-refractivity contribution is 7.89. The van der Waals surface area contributed by atoms with Gasteiger partial charge in [0, 0.05) is 5.69 Å². The maximum atomic E-state index is 12.8. The van der Waals surface area contributed by atoms with Crippen LogP contribution in [0.25, 0.3) is 0 Å². The van der Waals surface area contributed by atoms with E-state index >= 15 is 0 Å². The lowest BCUT2D eigenvalue weighted by Crippen LogP contribution is -2.37. The minimum atomic E-state index is -4.58. The van der Waals surface area contributed by atoms with Crippen molar-refractivity contribution in [2.24, 2.45) is 11.1 Å². The third kappa shape index (κ3) is 7.73. The van der Waals surface area contributed by atoms with Crippen LogP contribution in [-0.4, -0.2) is 40.1 Å². The molecule has 0 aliphatic heterocycles. The van der Waals surface area contributed by atoms with Gasteiger partial charge in [-0.05, 0) is 42.3 Å². The molecule has 0 radical (unpaired) electrons. The van der Waals surface area contributed by atoms with Gasteiger partial charge in [0.15, 0.2) is 6.61 Å². The number of hydrogen-bond donors (Lipinski definition) is 3. The first kappa shape index (κ1) is 28.2. The molecule has 1 atom stereocenters. The molecule has 14 heteroatoms. The van der Waals surface area contributed by atoms with Crippen LogP contribution < -0.4 is 20.5 Å². The molecule has 1 amide bonds. The summed E-state index contributed by atoms with van der Waals surface area (Å²) >= 11 is 5.93. The van der Waals surface area contributed by atoms with Gasteiger partial charge < -0.3 is 20.1 Å². The number of carbonyl (C=O) groups excluding carboxylic acids is 2. The standard InChI is InChI=1S/C21H23ClF3N3O6S/c1-11(2)19(28-15-6-4-12(8-14(15)22)21(23,24)25)20(30)34-10-18(29)27-13-5-7-16(33-3)17(9-13)35(26,31)32/h4-9,11,19,28H,10H2,1-3H3,(H,27,29)(H2,26,31,32)/t19-/m1/s1. The van der Waals surface area contributed by atoms with Crippen LogP contribution in [0.1, 0.15) is 19.4 Å². The molecule has 2 aromatic rings. The number of benzene rings is 2. The van der Waals surface area contributed by atoms with E-state index in [1.54, 1.807) is 13.8 Å². The van der Waals surface area contributed by atoms with Crippen LogP contribution in [0.4, 0.5) is 24.5 Å². The third-order valence-corrected chi connectivity index (χ3v) is 5.87. The van der Waals surface area contributed by atoms with E-state index in [1.165, 1.54) is 19.2 Å². The Hall–Kier alpha value is -3.03. The van der Waals surface area contributed by atoms with Crippen molar-refractivity contribution in [3.8, 4) is 5.75 Å². The second-order valence-electron chi connectivity index (χ2n) is 7.62. The van der Waals surface area contributed by atoms with Crippen molar-refractivity contribution in [3.63, 3.8) is 0 Å². The molecule has 0 saturated carbocycles. The van der Waals surface area contributed by atoms with Crippen molar-refractivity contribution in [2.45, 2.75) is 31.0 Å². The summed E-state index contributed by atoms with van der Waals surface area (Å²) in [4.78, 5) is 24.4. The van der Waals surface area contributed by atoms with Crippen molar-refractivity contribution in [1.82, 2.24) is 0 Å². The normalized spacial score (nSPS) is 12.7. The number of amides is 1. The SMILES string of the molecule is COc1ccc(NC(=O)COC(=O)[C@H](Nc2ccc(C(F)(F)F)cc2Cl)C(C)C)cc1S(N)(=O)=O. The van der Waals surface area contributed by atoms with Crippen LogP contribution in [0.15, 0.2) is 41.3 Å². The minimum absolute atomic E-state index is 0.0234. The Balaban J connectivity index is 2.06. The van der Waals surface area contributed by atoms with Gasteiger partial charge in [-0.15, -0.1) is 0 Å². The fourth-order valence-corrected chi connectivity index (χ4v) is 3.83. The topological polar surface area (TPSA) is 137 Å². The van der Waals surface area contributed by atoms with Crippen LogP contribution >= 0.6 is 11.6 Å². The summed E-state index contributed by atoms with van der Waals surface area (Å²) in [5.41, 5.74) is -0.808. The Morgan fingerprint density at radius 3 is 2.31 bits per heavy atom. The van der Waals surface area contributed by atoms with Crippen molar-refractivity contribution in [3.05, 3.63) is 47.0 Å². The number of methoxy groups -OCH3 is 1. The van der Waals surface area contributed by atoms with E-state index in [1.807, 2.05) is 0 Å². The van der Waals surface area contributed by atoms with E-state index < -0.39 is 46.3 Å². The zero-order chi connectivity index (χ0) is 26.6.